The monoisotopic (exact) mass is 352 g/mol. The third-order valence-corrected chi connectivity index (χ3v) is 4.09. The zero-order chi connectivity index (χ0) is 17.7. The molecule has 24 heavy (non-hydrogen) atoms. The fourth-order valence-electron chi connectivity index (χ4n) is 2.54. The van der Waals surface area contributed by atoms with Crippen molar-refractivity contribution in [1.82, 2.24) is 9.80 Å². The van der Waals surface area contributed by atoms with Gasteiger partial charge in [0.05, 0.1) is 18.8 Å². The summed E-state index contributed by atoms with van der Waals surface area (Å²) in [5, 5.41) is 0.571. The maximum absolute atomic E-state index is 12.6. The van der Waals surface area contributed by atoms with E-state index < -0.39 is 0 Å². The average Bonchev–Trinajstić information content (AvgIpc) is 2.80. The molecule has 1 aliphatic rings. The second kappa shape index (κ2) is 8.28. The minimum absolute atomic E-state index is 0.322. The summed E-state index contributed by atoms with van der Waals surface area (Å²) < 4.78 is 10.3. The van der Waals surface area contributed by atoms with Gasteiger partial charge >= 0.3 is 0 Å². The van der Waals surface area contributed by atoms with Gasteiger partial charge in [0.2, 0.25) is 0 Å². The number of carbonyl (C=O) groups is 2. The van der Waals surface area contributed by atoms with Gasteiger partial charge in [-0.05, 0) is 17.7 Å². The van der Waals surface area contributed by atoms with Gasteiger partial charge in [0.1, 0.15) is 5.70 Å². The molecule has 0 radical (unpaired) electrons. The molecule has 1 aliphatic heterocycles. The van der Waals surface area contributed by atoms with E-state index in [1.165, 1.54) is 7.05 Å². The predicted molar refractivity (Wildman–Crippen MR) is 91.5 cm³/mol. The number of likely N-dealkylation sites (N-methyl/N-ethyl adjacent to an activating group) is 1. The molecule has 0 saturated heterocycles. The molecular formula is C17H21ClN2O4. The van der Waals surface area contributed by atoms with Crippen molar-refractivity contribution in [2.24, 2.45) is 0 Å². The number of halogens is 1. The standard InChI is InChI=1S/C17H21ClN2O4/c1-19-16(21)14(12-4-6-13(18)7-5-12)15(17(19)22)20(8-10-23-2)9-11-24-3/h4-7H,8-11H2,1-3H3. The van der Waals surface area contributed by atoms with Gasteiger partial charge in [-0.1, -0.05) is 23.7 Å². The first-order valence-corrected chi connectivity index (χ1v) is 7.94. The molecule has 130 valence electrons. The molecule has 2 amide bonds. The van der Waals surface area contributed by atoms with Gasteiger partial charge in [-0.15, -0.1) is 0 Å². The predicted octanol–water partition coefficient (Wildman–Crippen LogP) is 1.64. The fourth-order valence-corrected chi connectivity index (χ4v) is 2.66. The minimum atomic E-state index is -0.322. The van der Waals surface area contributed by atoms with Crippen LogP contribution in [0.4, 0.5) is 0 Å². The number of hydrogen-bond donors (Lipinski definition) is 0. The van der Waals surface area contributed by atoms with Crippen LogP contribution in [0, 0.1) is 0 Å². The van der Waals surface area contributed by atoms with Crippen LogP contribution in [0.25, 0.3) is 5.57 Å². The van der Waals surface area contributed by atoms with Gasteiger partial charge in [0.15, 0.2) is 0 Å². The van der Waals surface area contributed by atoms with Crippen molar-refractivity contribution in [2.45, 2.75) is 0 Å². The average molecular weight is 353 g/mol. The van der Waals surface area contributed by atoms with Crippen LogP contribution in [0.5, 0.6) is 0 Å². The van der Waals surface area contributed by atoms with Crippen molar-refractivity contribution >= 4 is 29.0 Å². The Bertz CT molecular complexity index is 634. The molecule has 1 heterocycles. The van der Waals surface area contributed by atoms with E-state index in [1.54, 1.807) is 38.5 Å². The van der Waals surface area contributed by atoms with Crippen molar-refractivity contribution < 1.29 is 19.1 Å². The number of benzene rings is 1. The van der Waals surface area contributed by atoms with E-state index in [2.05, 4.69) is 0 Å². The summed E-state index contributed by atoms with van der Waals surface area (Å²) >= 11 is 5.93. The molecule has 0 aliphatic carbocycles. The summed E-state index contributed by atoms with van der Waals surface area (Å²) in [7, 11) is 4.67. The van der Waals surface area contributed by atoms with E-state index in [9.17, 15) is 9.59 Å². The molecule has 0 aromatic heterocycles. The normalized spacial score (nSPS) is 14.8. The molecule has 0 saturated carbocycles. The zero-order valence-corrected chi connectivity index (χ0v) is 14.8. The van der Waals surface area contributed by atoms with Crippen molar-refractivity contribution in [3.63, 3.8) is 0 Å². The molecule has 1 aromatic carbocycles. The lowest BCUT2D eigenvalue weighted by atomic mass is 10.0. The third kappa shape index (κ3) is 3.77. The fraction of sp³-hybridized carbons (Fsp3) is 0.412. The lowest BCUT2D eigenvalue weighted by Gasteiger charge is -2.25. The van der Waals surface area contributed by atoms with Crippen LogP contribution in [0.15, 0.2) is 30.0 Å². The lowest BCUT2D eigenvalue weighted by Crippen LogP contribution is -2.36. The van der Waals surface area contributed by atoms with Gasteiger partial charge in [-0.3, -0.25) is 14.5 Å². The molecule has 6 nitrogen and oxygen atoms in total. The Morgan fingerprint density at radius 2 is 1.54 bits per heavy atom. The van der Waals surface area contributed by atoms with E-state index >= 15 is 0 Å². The molecular weight excluding hydrogens is 332 g/mol. The van der Waals surface area contributed by atoms with Crippen molar-refractivity contribution in [2.75, 3.05) is 47.6 Å². The first-order valence-electron chi connectivity index (χ1n) is 7.56. The maximum Gasteiger partial charge on any atom is 0.277 e. The van der Waals surface area contributed by atoms with E-state index in [-0.39, 0.29) is 11.8 Å². The molecule has 0 fully saturated rings. The van der Waals surface area contributed by atoms with E-state index in [0.29, 0.717) is 48.2 Å². The van der Waals surface area contributed by atoms with Gasteiger partial charge in [0.25, 0.3) is 11.8 Å². The number of nitrogens with zero attached hydrogens (tertiary/aromatic N) is 2. The number of methoxy groups -OCH3 is 2. The number of imide groups is 1. The van der Waals surface area contributed by atoms with Crippen LogP contribution < -0.4 is 0 Å². The Balaban J connectivity index is 2.49. The topological polar surface area (TPSA) is 59.1 Å². The Kier molecular flexibility index (Phi) is 6.36. The lowest BCUT2D eigenvalue weighted by molar-refractivity contribution is -0.136. The van der Waals surface area contributed by atoms with Gasteiger partial charge in [-0.25, -0.2) is 0 Å². The number of amides is 2. The first kappa shape index (κ1) is 18.4. The van der Waals surface area contributed by atoms with Gasteiger partial charge in [-0.2, -0.15) is 0 Å². The van der Waals surface area contributed by atoms with Crippen molar-refractivity contribution in [3.8, 4) is 0 Å². The first-order chi connectivity index (χ1) is 11.5. The number of hydrogen-bond acceptors (Lipinski definition) is 5. The van der Waals surface area contributed by atoms with Crippen LogP contribution in [0.1, 0.15) is 5.56 Å². The van der Waals surface area contributed by atoms with Crippen LogP contribution in [-0.2, 0) is 19.1 Å². The Hall–Kier alpha value is -1.89. The van der Waals surface area contributed by atoms with Crippen LogP contribution in [0.3, 0.4) is 0 Å². The molecule has 2 rings (SSSR count). The van der Waals surface area contributed by atoms with E-state index in [1.807, 2.05) is 4.90 Å². The van der Waals surface area contributed by atoms with E-state index in [0.717, 1.165) is 4.90 Å². The van der Waals surface area contributed by atoms with Gasteiger partial charge in [0, 0.05) is 39.4 Å². The Morgan fingerprint density at radius 1 is 1.00 bits per heavy atom. The van der Waals surface area contributed by atoms with Crippen LogP contribution in [-0.4, -0.2) is 69.2 Å². The summed E-state index contributed by atoms with van der Waals surface area (Å²) in [6.45, 7) is 1.84. The smallest absolute Gasteiger partial charge is 0.277 e. The Labute approximate surface area is 146 Å². The molecule has 7 heteroatoms. The number of rotatable bonds is 8. The van der Waals surface area contributed by atoms with Gasteiger partial charge < -0.3 is 14.4 Å². The molecule has 0 unspecified atom stereocenters. The highest BCUT2D eigenvalue weighted by atomic mass is 35.5. The second-order valence-electron chi connectivity index (χ2n) is 5.37. The number of ether oxygens (including phenoxy) is 2. The minimum Gasteiger partial charge on any atom is -0.383 e. The zero-order valence-electron chi connectivity index (χ0n) is 14.0. The van der Waals surface area contributed by atoms with Crippen molar-refractivity contribution in [3.05, 3.63) is 40.5 Å². The summed E-state index contributed by atoms with van der Waals surface area (Å²) in [5.41, 5.74) is 1.42. The highest BCUT2D eigenvalue weighted by Gasteiger charge is 2.39. The van der Waals surface area contributed by atoms with Crippen LogP contribution >= 0.6 is 11.6 Å². The molecule has 0 N–H and O–H groups in total. The summed E-state index contributed by atoms with van der Waals surface area (Å²) in [5.74, 6) is -0.644. The molecule has 0 bridgehead atoms. The summed E-state index contributed by atoms with van der Waals surface area (Å²) in [6, 6.07) is 6.89. The highest BCUT2D eigenvalue weighted by molar-refractivity contribution is 6.35. The highest BCUT2D eigenvalue weighted by Crippen LogP contribution is 2.31. The quantitative estimate of drug-likeness (QED) is 0.666. The second-order valence-corrected chi connectivity index (χ2v) is 5.81. The van der Waals surface area contributed by atoms with Crippen LogP contribution in [0.2, 0.25) is 5.02 Å². The molecule has 1 aromatic rings. The molecule has 0 atom stereocenters. The molecule has 0 spiro atoms. The number of carbonyl (C=O) groups excluding carboxylic acids is 2. The van der Waals surface area contributed by atoms with E-state index in [4.69, 9.17) is 21.1 Å². The Morgan fingerprint density at radius 3 is 2.04 bits per heavy atom. The summed E-state index contributed by atoms with van der Waals surface area (Å²) in [6.07, 6.45) is 0. The summed E-state index contributed by atoms with van der Waals surface area (Å²) in [4.78, 5) is 28.2. The maximum atomic E-state index is 12.6. The van der Waals surface area contributed by atoms with Crippen molar-refractivity contribution in [1.29, 1.82) is 0 Å². The largest absolute Gasteiger partial charge is 0.383 e. The third-order valence-electron chi connectivity index (χ3n) is 3.84. The SMILES string of the molecule is COCCN(CCOC)C1=C(c2ccc(Cl)cc2)C(=O)N(C)C1=O.